The van der Waals surface area contributed by atoms with Crippen molar-refractivity contribution >= 4 is 11.6 Å². The average Bonchev–Trinajstić information content (AvgIpc) is 2.73. The van der Waals surface area contributed by atoms with Gasteiger partial charge >= 0.3 is 0 Å². The predicted octanol–water partition coefficient (Wildman–Crippen LogP) is 4.79. The lowest BCUT2D eigenvalue weighted by molar-refractivity contribution is -0.116. The first-order valence-electron chi connectivity index (χ1n) is 8.87. The van der Waals surface area contributed by atoms with Crippen LogP contribution < -0.4 is 19.1 Å². The fourth-order valence-corrected chi connectivity index (χ4v) is 2.81. The number of halogens is 1. The van der Waals surface area contributed by atoms with Crippen LogP contribution in [0.25, 0.3) is 0 Å². The molecule has 0 radical (unpaired) electrons. The molecule has 3 rings (SSSR count). The maximum atomic E-state index is 14.1. The van der Waals surface area contributed by atoms with Crippen molar-refractivity contribution in [2.24, 2.45) is 0 Å². The van der Waals surface area contributed by atoms with Crippen molar-refractivity contribution in [2.45, 2.75) is 13.5 Å². The van der Waals surface area contributed by atoms with Gasteiger partial charge in [-0.25, -0.2) is 4.39 Å². The zero-order valence-electron chi connectivity index (χ0n) is 16.4. The second-order valence-corrected chi connectivity index (χ2v) is 6.15. The van der Waals surface area contributed by atoms with Crippen molar-refractivity contribution in [3.63, 3.8) is 0 Å². The normalized spacial score (nSPS) is 10.1. The summed E-state index contributed by atoms with van der Waals surface area (Å²) in [5.74, 6) is 1.02. The lowest BCUT2D eigenvalue weighted by atomic mass is 10.1. The number of hydrogen-bond acceptors (Lipinski definition) is 4. The van der Waals surface area contributed by atoms with Gasteiger partial charge in [0.25, 0.3) is 0 Å². The molecule has 6 heteroatoms. The van der Waals surface area contributed by atoms with Gasteiger partial charge in [-0.15, -0.1) is 0 Å². The lowest BCUT2D eigenvalue weighted by Crippen LogP contribution is -2.28. The van der Waals surface area contributed by atoms with E-state index in [2.05, 4.69) is 12.1 Å². The molecular weight excluding hydrogens is 373 g/mol. The number of hydrogen-bond donors (Lipinski definition) is 0. The SMILES string of the molecule is COc1c#cc(OC)c(CN(C(C)=O)c2cc(F)ccc2Oc2ccccc2)c1. The average molecular weight is 393 g/mol. The molecule has 0 spiro atoms. The highest BCUT2D eigenvalue weighted by Gasteiger charge is 2.20. The van der Waals surface area contributed by atoms with Gasteiger partial charge in [-0.3, -0.25) is 4.79 Å². The molecule has 29 heavy (non-hydrogen) atoms. The van der Waals surface area contributed by atoms with E-state index < -0.39 is 5.82 Å². The topological polar surface area (TPSA) is 48.0 Å². The van der Waals surface area contributed by atoms with E-state index in [1.54, 1.807) is 18.2 Å². The number of anilines is 1. The van der Waals surface area contributed by atoms with E-state index in [-0.39, 0.29) is 12.5 Å². The first-order chi connectivity index (χ1) is 14.0. The van der Waals surface area contributed by atoms with Crippen LogP contribution in [0.1, 0.15) is 12.5 Å². The first kappa shape index (κ1) is 20.0. The predicted molar refractivity (Wildman–Crippen MR) is 107 cm³/mol. The molecule has 0 N–H and O–H groups in total. The number of carbonyl (C=O) groups is 1. The van der Waals surface area contributed by atoms with Gasteiger partial charge in [0.1, 0.15) is 11.6 Å². The van der Waals surface area contributed by atoms with E-state index in [1.165, 1.54) is 44.2 Å². The highest BCUT2D eigenvalue weighted by molar-refractivity contribution is 5.93. The van der Waals surface area contributed by atoms with E-state index in [9.17, 15) is 9.18 Å². The van der Waals surface area contributed by atoms with Gasteiger partial charge in [-0.2, -0.15) is 0 Å². The van der Waals surface area contributed by atoms with Crippen LogP contribution in [0.5, 0.6) is 23.0 Å². The summed E-state index contributed by atoms with van der Waals surface area (Å²) in [5.41, 5.74) is 0.934. The van der Waals surface area contributed by atoms with Gasteiger partial charge in [0.05, 0.1) is 26.5 Å². The fourth-order valence-electron chi connectivity index (χ4n) is 2.81. The Hall–Kier alpha value is -3.72. The Labute approximate surface area is 169 Å². The number of para-hydroxylation sites is 1. The van der Waals surface area contributed by atoms with Crippen molar-refractivity contribution < 1.29 is 23.4 Å². The molecule has 0 bridgehead atoms. The van der Waals surface area contributed by atoms with Crippen LogP contribution in [0.3, 0.4) is 0 Å². The molecule has 0 saturated heterocycles. The third-order valence-corrected chi connectivity index (χ3v) is 4.21. The molecule has 0 unspecified atom stereocenters. The van der Waals surface area contributed by atoms with E-state index in [4.69, 9.17) is 14.2 Å². The second-order valence-electron chi connectivity index (χ2n) is 6.15. The van der Waals surface area contributed by atoms with Crippen molar-refractivity contribution in [3.8, 4) is 23.0 Å². The highest BCUT2D eigenvalue weighted by Crippen LogP contribution is 2.35. The standard InChI is InChI=1S/C23H20FNO4/c1-16(26)25(15-17-13-20(27-2)10-12-22(17)28-3)21-14-18(24)9-11-23(21)29-19-7-5-4-6-8-19/h4-9,11,13-14H,15H2,1-3H3. The van der Waals surface area contributed by atoms with Crippen LogP contribution in [-0.4, -0.2) is 20.1 Å². The van der Waals surface area contributed by atoms with E-state index in [0.29, 0.717) is 34.2 Å². The molecule has 0 atom stereocenters. The minimum Gasteiger partial charge on any atom is -0.489 e. The minimum absolute atomic E-state index is 0.106. The number of carbonyl (C=O) groups excluding carboxylic acids is 1. The number of rotatable bonds is 7. The number of ether oxygens (including phenoxy) is 3. The quantitative estimate of drug-likeness (QED) is 0.579. The van der Waals surface area contributed by atoms with Gasteiger partial charge < -0.3 is 19.1 Å². The van der Waals surface area contributed by atoms with Gasteiger partial charge in [0, 0.05) is 18.6 Å². The first-order valence-corrected chi connectivity index (χ1v) is 8.87. The molecule has 3 aromatic rings. The van der Waals surface area contributed by atoms with Crippen molar-refractivity contribution in [1.82, 2.24) is 0 Å². The van der Waals surface area contributed by atoms with Crippen LogP contribution in [0.4, 0.5) is 10.1 Å². The maximum absolute atomic E-state index is 14.1. The van der Waals surface area contributed by atoms with Crippen molar-refractivity contribution in [3.05, 3.63) is 78.1 Å². The molecule has 148 valence electrons. The van der Waals surface area contributed by atoms with Crippen LogP contribution in [0, 0.1) is 17.9 Å². The van der Waals surface area contributed by atoms with Gasteiger partial charge in [0.2, 0.25) is 5.91 Å². The van der Waals surface area contributed by atoms with Crippen LogP contribution in [0.15, 0.2) is 54.6 Å². The summed E-state index contributed by atoms with van der Waals surface area (Å²) in [6.45, 7) is 1.51. The van der Waals surface area contributed by atoms with Crippen LogP contribution in [0.2, 0.25) is 0 Å². The molecular formula is C23H20FNO4. The molecule has 5 nitrogen and oxygen atoms in total. The molecule has 0 aliphatic carbocycles. The summed E-state index contributed by atoms with van der Waals surface area (Å²) in [5, 5.41) is 0. The van der Waals surface area contributed by atoms with Crippen molar-refractivity contribution in [1.29, 1.82) is 0 Å². The summed E-state index contributed by atoms with van der Waals surface area (Å²) in [6, 6.07) is 20.5. The Bertz CT molecular complexity index is 991. The number of benzene rings is 2. The molecule has 0 aliphatic rings. The largest absolute Gasteiger partial charge is 0.489 e. The van der Waals surface area contributed by atoms with E-state index in [0.717, 1.165) is 0 Å². The van der Waals surface area contributed by atoms with Gasteiger partial charge in [-0.05, 0) is 42.5 Å². The third kappa shape index (κ3) is 4.77. The van der Waals surface area contributed by atoms with Crippen LogP contribution >= 0.6 is 0 Å². The summed E-state index contributed by atoms with van der Waals surface area (Å²) < 4.78 is 30.5. The lowest BCUT2D eigenvalue weighted by Gasteiger charge is -2.24. The Kier molecular flexibility index (Phi) is 6.20. The Morgan fingerprint density at radius 1 is 1.03 bits per heavy atom. The van der Waals surface area contributed by atoms with E-state index in [1.807, 2.05) is 18.2 Å². The summed E-state index contributed by atoms with van der Waals surface area (Å²) >= 11 is 0. The number of amides is 1. The summed E-state index contributed by atoms with van der Waals surface area (Å²) in [6.07, 6.45) is 0. The summed E-state index contributed by atoms with van der Waals surface area (Å²) in [4.78, 5) is 13.9. The maximum Gasteiger partial charge on any atom is 0.224 e. The molecule has 0 fully saturated rings. The zero-order chi connectivity index (χ0) is 20.8. The molecule has 0 aromatic heterocycles. The molecule has 0 aliphatic heterocycles. The van der Waals surface area contributed by atoms with Crippen molar-refractivity contribution in [2.75, 3.05) is 19.1 Å². The Balaban J connectivity index is 2.02. The van der Waals surface area contributed by atoms with Crippen LogP contribution in [-0.2, 0) is 11.3 Å². The smallest absolute Gasteiger partial charge is 0.224 e. The molecule has 1 amide bonds. The number of methoxy groups -OCH3 is 2. The molecule has 3 aromatic carbocycles. The Morgan fingerprint density at radius 3 is 2.45 bits per heavy atom. The van der Waals surface area contributed by atoms with E-state index >= 15 is 0 Å². The third-order valence-electron chi connectivity index (χ3n) is 4.21. The fraction of sp³-hybridized carbons (Fsp3) is 0.174. The molecule has 0 heterocycles. The monoisotopic (exact) mass is 393 g/mol. The number of nitrogens with zero attached hydrogens (tertiary/aromatic N) is 1. The second kappa shape index (κ2) is 8.98. The van der Waals surface area contributed by atoms with Gasteiger partial charge in [-0.1, -0.05) is 18.2 Å². The zero-order valence-corrected chi connectivity index (χ0v) is 16.4. The Morgan fingerprint density at radius 2 is 1.79 bits per heavy atom. The minimum atomic E-state index is -0.482. The summed E-state index contributed by atoms with van der Waals surface area (Å²) in [7, 11) is 3.01. The van der Waals surface area contributed by atoms with Gasteiger partial charge in [0.15, 0.2) is 17.2 Å². The molecule has 0 saturated carbocycles. The highest BCUT2D eigenvalue weighted by atomic mass is 19.1.